The number of aromatic nitrogens is 2. The molecule has 2 aromatic carbocycles. The van der Waals surface area contributed by atoms with E-state index in [9.17, 15) is 0 Å². The summed E-state index contributed by atoms with van der Waals surface area (Å²) in [5, 5.41) is 0. The van der Waals surface area contributed by atoms with Crippen molar-refractivity contribution in [1.29, 1.82) is 0 Å². The molecule has 0 amide bonds. The topological polar surface area (TPSA) is 64.3 Å². The predicted molar refractivity (Wildman–Crippen MR) is 121 cm³/mol. The fraction of sp³-hybridized carbons (Fsp3) is 0.273. The summed E-state index contributed by atoms with van der Waals surface area (Å²) in [6.45, 7) is 5.06. The highest BCUT2D eigenvalue weighted by Crippen LogP contribution is 2.29. The van der Waals surface area contributed by atoms with E-state index >= 15 is 0 Å². The molecule has 0 spiro atoms. The van der Waals surface area contributed by atoms with Gasteiger partial charge in [0.1, 0.15) is 24.0 Å². The van der Waals surface area contributed by atoms with E-state index in [0.29, 0.717) is 18.2 Å². The molecule has 5 nitrogen and oxygen atoms in total. The van der Waals surface area contributed by atoms with Crippen LogP contribution in [-0.4, -0.2) is 21.4 Å². The molecular weight excluding hydrogens is 407 g/mol. The molecule has 4 rings (SSSR count). The van der Waals surface area contributed by atoms with Gasteiger partial charge in [-0.25, -0.2) is 9.97 Å². The maximum atomic E-state index is 6.12. The van der Waals surface area contributed by atoms with Crippen LogP contribution in [0.1, 0.15) is 28.1 Å². The van der Waals surface area contributed by atoms with Gasteiger partial charge in [0.05, 0.1) is 0 Å². The number of anilines is 1. The quantitative estimate of drug-likeness (QED) is 0.648. The van der Waals surface area contributed by atoms with Crippen LogP contribution in [0.4, 0.5) is 5.82 Å². The van der Waals surface area contributed by atoms with Gasteiger partial charge in [-0.1, -0.05) is 42.5 Å². The number of hydrogen-bond acceptors (Lipinski definition) is 5. The van der Waals surface area contributed by atoms with E-state index in [2.05, 4.69) is 45.2 Å². The molecule has 3 aromatic rings. The Labute approximate surface area is 184 Å². The third-order valence-corrected chi connectivity index (χ3v) is 4.95. The van der Waals surface area contributed by atoms with Crippen molar-refractivity contribution in [3.8, 4) is 5.75 Å². The maximum Gasteiger partial charge on any atom is 0.131 e. The summed E-state index contributed by atoms with van der Waals surface area (Å²) in [4.78, 5) is 10.9. The number of fused-ring (bicyclic) bond motifs is 1. The largest absolute Gasteiger partial charge is 0.489 e. The van der Waals surface area contributed by atoms with Gasteiger partial charge in [0.2, 0.25) is 0 Å². The Morgan fingerprint density at radius 1 is 1.07 bits per heavy atom. The molecular formula is C22H26Cl2N4O. The summed E-state index contributed by atoms with van der Waals surface area (Å²) in [6, 6.07) is 16.6. The highest BCUT2D eigenvalue weighted by atomic mass is 35.5. The number of hydrogen-bond donors (Lipinski definition) is 1. The highest BCUT2D eigenvalue weighted by molar-refractivity contribution is 5.85. The molecule has 2 heterocycles. The van der Waals surface area contributed by atoms with Gasteiger partial charge in [-0.2, -0.15) is 0 Å². The van der Waals surface area contributed by atoms with Gasteiger partial charge >= 0.3 is 0 Å². The standard InChI is InChI=1S/C22H24N4O.2ClH/c1-16-24-12-19(22(23)25-16)14-26-11-10-20-18(13-26)8-5-9-21(20)27-15-17-6-3-2-4-7-17;;/h2-9,12H,10-11,13-15H2,1H3,(H2,23,24,25);2*1H. The first-order valence-electron chi connectivity index (χ1n) is 9.27. The van der Waals surface area contributed by atoms with E-state index in [1.165, 1.54) is 16.7 Å². The molecule has 1 aliphatic heterocycles. The highest BCUT2D eigenvalue weighted by Gasteiger charge is 2.20. The molecule has 29 heavy (non-hydrogen) atoms. The van der Waals surface area contributed by atoms with Crippen LogP contribution in [0, 0.1) is 6.92 Å². The van der Waals surface area contributed by atoms with Crippen molar-refractivity contribution in [1.82, 2.24) is 14.9 Å². The molecule has 0 atom stereocenters. The van der Waals surface area contributed by atoms with E-state index < -0.39 is 0 Å². The number of nitrogen functional groups attached to an aromatic ring is 1. The number of aryl methyl sites for hydroxylation is 1. The minimum Gasteiger partial charge on any atom is -0.489 e. The maximum absolute atomic E-state index is 6.12. The molecule has 0 saturated heterocycles. The van der Waals surface area contributed by atoms with Crippen LogP contribution in [0.3, 0.4) is 0 Å². The second-order valence-corrected chi connectivity index (χ2v) is 6.96. The molecule has 0 bridgehead atoms. The molecule has 1 aromatic heterocycles. The fourth-order valence-electron chi connectivity index (χ4n) is 3.51. The Hall–Kier alpha value is -2.34. The summed E-state index contributed by atoms with van der Waals surface area (Å²) >= 11 is 0. The molecule has 1 aliphatic rings. The lowest BCUT2D eigenvalue weighted by atomic mass is 9.98. The first-order valence-corrected chi connectivity index (χ1v) is 9.27. The number of benzene rings is 2. The summed E-state index contributed by atoms with van der Waals surface area (Å²) in [5.74, 6) is 2.28. The van der Waals surface area contributed by atoms with Gasteiger partial charge in [-0.3, -0.25) is 4.90 Å². The molecule has 0 unspecified atom stereocenters. The normalized spacial score (nSPS) is 13.0. The zero-order valence-corrected chi connectivity index (χ0v) is 18.0. The second-order valence-electron chi connectivity index (χ2n) is 6.96. The minimum absolute atomic E-state index is 0. The summed E-state index contributed by atoms with van der Waals surface area (Å²) in [7, 11) is 0. The Balaban J connectivity index is 0.00000150. The third kappa shape index (κ3) is 5.60. The minimum atomic E-state index is 0. The van der Waals surface area contributed by atoms with Gasteiger partial charge < -0.3 is 10.5 Å². The number of nitrogens with zero attached hydrogens (tertiary/aromatic N) is 3. The molecule has 7 heteroatoms. The summed E-state index contributed by atoms with van der Waals surface area (Å²) in [6.07, 6.45) is 2.81. The lowest BCUT2D eigenvalue weighted by Gasteiger charge is -2.30. The van der Waals surface area contributed by atoms with Crippen LogP contribution in [0.25, 0.3) is 0 Å². The third-order valence-electron chi connectivity index (χ3n) is 4.95. The predicted octanol–water partition coefficient (Wildman–Crippen LogP) is 4.35. The van der Waals surface area contributed by atoms with Crippen LogP contribution in [-0.2, 0) is 26.1 Å². The van der Waals surface area contributed by atoms with Gasteiger partial charge in [0, 0.05) is 31.4 Å². The summed E-state index contributed by atoms with van der Waals surface area (Å²) in [5.41, 5.74) is 10.9. The van der Waals surface area contributed by atoms with Crippen molar-refractivity contribution in [3.05, 3.63) is 82.8 Å². The lowest BCUT2D eigenvalue weighted by Crippen LogP contribution is -2.30. The van der Waals surface area contributed by atoms with Gasteiger partial charge in [0.15, 0.2) is 0 Å². The van der Waals surface area contributed by atoms with Crippen molar-refractivity contribution in [2.45, 2.75) is 33.0 Å². The first kappa shape index (κ1) is 22.9. The van der Waals surface area contributed by atoms with Crippen LogP contribution in [0.5, 0.6) is 5.75 Å². The van der Waals surface area contributed by atoms with E-state index in [0.717, 1.165) is 37.4 Å². The van der Waals surface area contributed by atoms with E-state index in [1.807, 2.05) is 31.3 Å². The van der Waals surface area contributed by atoms with E-state index in [4.69, 9.17) is 10.5 Å². The van der Waals surface area contributed by atoms with Crippen LogP contribution in [0.15, 0.2) is 54.7 Å². The van der Waals surface area contributed by atoms with Crippen molar-refractivity contribution < 1.29 is 4.74 Å². The van der Waals surface area contributed by atoms with Crippen molar-refractivity contribution in [2.75, 3.05) is 12.3 Å². The monoisotopic (exact) mass is 432 g/mol. The molecule has 0 fully saturated rings. The van der Waals surface area contributed by atoms with E-state index in [-0.39, 0.29) is 24.8 Å². The van der Waals surface area contributed by atoms with Crippen LogP contribution >= 0.6 is 24.8 Å². The van der Waals surface area contributed by atoms with Crippen LogP contribution < -0.4 is 10.5 Å². The lowest BCUT2D eigenvalue weighted by molar-refractivity contribution is 0.238. The zero-order valence-electron chi connectivity index (χ0n) is 16.4. The fourth-order valence-corrected chi connectivity index (χ4v) is 3.51. The van der Waals surface area contributed by atoms with Crippen molar-refractivity contribution in [3.63, 3.8) is 0 Å². The van der Waals surface area contributed by atoms with Crippen LogP contribution in [0.2, 0.25) is 0 Å². The number of ether oxygens (including phenoxy) is 1. The van der Waals surface area contributed by atoms with Gasteiger partial charge in [-0.15, -0.1) is 24.8 Å². The Morgan fingerprint density at radius 3 is 2.62 bits per heavy atom. The van der Waals surface area contributed by atoms with Gasteiger partial charge in [-0.05, 0) is 36.1 Å². The number of nitrogens with two attached hydrogens (primary N) is 1. The Bertz CT molecular complexity index is 937. The molecule has 0 radical (unpaired) electrons. The Kier molecular flexibility index (Phi) is 8.26. The smallest absolute Gasteiger partial charge is 0.131 e. The van der Waals surface area contributed by atoms with Gasteiger partial charge in [0.25, 0.3) is 0 Å². The first-order chi connectivity index (χ1) is 13.2. The van der Waals surface area contributed by atoms with Crippen molar-refractivity contribution >= 4 is 30.6 Å². The number of rotatable bonds is 5. The summed E-state index contributed by atoms with van der Waals surface area (Å²) < 4.78 is 6.12. The average Bonchev–Trinajstić information content (AvgIpc) is 2.69. The SMILES string of the molecule is Cc1ncc(CN2CCc3c(cccc3OCc3ccccc3)C2)c(N)n1.Cl.Cl. The van der Waals surface area contributed by atoms with Crippen molar-refractivity contribution in [2.24, 2.45) is 0 Å². The zero-order chi connectivity index (χ0) is 18.6. The average molecular weight is 433 g/mol. The molecule has 0 saturated carbocycles. The number of halogens is 2. The molecule has 154 valence electrons. The Morgan fingerprint density at radius 2 is 1.86 bits per heavy atom. The molecule has 2 N–H and O–H groups in total. The second kappa shape index (κ2) is 10.4. The van der Waals surface area contributed by atoms with E-state index in [1.54, 1.807) is 0 Å². The molecule has 0 aliphatic carbocycles.